The van der Waals surface area contributed by atoms with E-state index < -0.39 is 0 Å². The Morgan fingerprint density at radius 2 is 2.09 bits per heavy atom. The fraction of sp³-hybridized carbons (Fsp3) is 0.444. The number of anilines is 1. The molecule has 1 aromatic rings. The van der Waals surface area contributed by atoms with Crippen LogP contribution in [0, 0.1) is 5.92 Å². The molecule has 4 rings (SSSR count). The molecule has 0 N–H and O–H groups in total. The second-order valence-electron chi connectivity index (χ2n) is 3.23. The molecule has 3 aliphatic heterocycles. The van der Waals surface area contributed by atoms with Crippen molar-refractivity contribution in [3.8, 4) is 0 Å². The van der Waals surface area contributed by atoms with E-state index in [-0.39, 0.29) is 0 Å². The number of hydrogen-bond acceptors (Lipinski definition) is 2. The zero-order chi connectivity index (χ0) is 7.26. The summed E-state index contributed by atoms with van der Waals surface area (Å²) >= 11 is 1.89. The van der Waals surface area contributed by atoms with E-state index in [9.17, 15) is 0 Å². The Labute approximate surface area is 70.6 Å². The summed E-state index contributed by atoms with van der Waals surface area (Å²) in [7, 11) is 0. The molecule has 2 bridgehead atoms. The van der Waals surface area contributed by atoms with E-state index in [2.05, 4.69) is 16.3 Å². The van der Waals surface area contributed by atoms with E-state index in [0.29, 0.717) is 0 Å². The van der Waals surface area contributed by atoms with Crippen LogP contribution < -0.4 is 4.90 Å². The monoisotopic (exact) mass is 164 g/mol. The Hall–Kier alpha value is -0.500. The van der Waals surface area contributed by atoms with Crippen LogP contribution in [0.2, 0.25) is 0 Å². The van der Waals surface area contributed by atoms with E-state index >= 15 is 0 Å². The third kappa shape index (κ3) is 0.707. The smallest absolute Gasteiger partial charge is 0.0947 e. The summed E-state index contributed by atoms with van der Waals surface area (Å²) in [5.41, 5.74) is 1.55. The van der Waals surface area contributed by atoms with Crippen molar-refractivity contribution >= 4 is 16.3 Å². The van der Waals surface area contributed by atoms with Gasteiger partial charge in [-0.3, -0.25) is 0 Å². The third-order valence-corrected chi connectivity index (χ3v) is 3.65. The van der Waals surface area contributed by atoms with Gasteiger partial charge in [0.2, 0.25) is 0 Å². The number of nitrogens with zero attached hydrogens (tertiary/aromatic N) is 1. The maximum Gasteiger partial charge on any atom is 0.0947 e. The van der Waals surface area contributed by atoms with E-state index in [1.54, 1.807) is 11.5 Å². The van der Waals surface area contributed by atoms with Gasteiger partial charge >= 0.3 is 0 Å². The molecule has 0 aromatic carbocycles. The van der Waals surface area contributed by atoms with Crippen molar-refractivity contribution in [3.63, 3.8) is 0 Å². The quantitative estimate of drug-likeness (QED) is 0.568. The molecule has 2 heteroatoms. The molecule has 1 aromatic heterocycles. The molecule has 0 amide bonds. The highest BCUT2D eigenvalue weighted by Gasteiger charge is 2.31. The molecule has 1 radical (unpaired) electrons. The first kappa shape index (κ1) is 6.06. The first-order chi connectivity index (χ1) is 5.45. The van der Waals surface area contributed by atoms with Crippen LogP contribution in [0.4, 0.5) is 5.00 Å². The number of fused-ring (bicyclic) bond motifs is 2. The summed E-state index contributed by atoms with van der Waals surface area (Å²) in [6.45, 7) is 2.53. The van der Waals surface area contributed by atoms with Crippen molar-refractivity contribution in [2.45, 2.75) is 12.8 Å². The van der Waals surface area contributed by atoms with Crippen LogP contribution in [0.15, 0.2) is 11.4 Å². The maximum absolute atomic E-state index is 2.52. The van der Waals surface area contributed by atoms with Crippen LogP contribution in [0.5, 0.6) is 0 Å². The minimum absolute atomic E-state index is 1.27. The lowest BCUT2D eigenvalue weighted by molar-refractivity contribution is 0.604. The summed E-state index contributed by atoms with van der Waals surface area (Å²) in [5, 5.41) is 3.74. The molecule has 1 saturated heterocycles. The lowest BCUT2D eigenvalue weighted by Crippen LogP contribution is -2.37. The first-order valence-corrected chi connectivity index (χ1v) is 5.00. The van der Waals surface area contributed by atoms with Gasteiger partial charge in [-0.1, -0.05) is 0 Å². The molecule has 1 fully saturated rings. The summed E-state index contributed by atoms with van der Waals surface area (Å²) in [4.78, 5) is 2.52. The number of piperidine rings is 1. The Morgan fingerprint density at radius 3 is 2.82 bits per heavy atom. The highest BCUT2D eigenvalue weighted by Crippen LogP contribution is 2.44. The van der Waals surface area contributed by atoms with Gasteiger partial charge in [0.1, 0.15) is 0 Å². The van der Waals surface area contributed by atoms with Crippen LogP contribution in [-0.2, 0) is 0 Å². The second-order valence-corrected chi connectivity index (χ2v) is 4.12. The van der Waals surface area contributed by atoms with Gasteiger partial charge in [0, 0.05) is 19.0 Å². The van der Waals surface area contributed by atoms with Gasteiger partial charge in [0.05, 0.1) is 5.00 Å². The van der Waals surface area contributed by atoms with Crippen LogP contribution in [0.3, 0.4) is 0 Å². The molecule has 4 heterocycles. The predicted octanol–water partition coefficient (Wildman–Crippen LogP) is 2.28. The van der Waals surface area contributed by atoms with E-state index in [1.807, 2.05) is 11.3 Å². The van der Waals surface area contributed by atoms with Gasteiger partial charge in [-0.25, -0.2) is 0 Å². The normalized spacial score (nSPS) is 22.4. The molecular weight excluding hydrogens is 154 g/mol. The lowest BCUT2D eigenvalue weighted by Gasteiger charge is -2.39. The molecule has 0 atom stereocenters. The van der Waals surface area contributed by atoms with Gasteiger partial charge in [-0.15, -0.1) is 11.3 Å². The Balaban J connectivity index is 2.19. The SMILES string of the molecule is c1cc2c(s1)N1CC[C]2CC1. The summed E-state index contributed by atoms with van der Waals surface area (Å²) < 4.78 is 0. The summed E-state index contributed by atoms with van der Waals surface area (Å²) in [6.07, 6.45) is 2.62. The van der Waals surface area contributed by atoms with Crippen LogP contribution in [-0.4, -0.2) is 13.1 Å². The first-order valence-electron chi connectivity index (χ1n) is 4.13. The Morgan fingerprint density at radius 1 is 1.27 bits per heavy atom. The standard InChI is InChI=1S/C9H10NS/c1-4-10-5-2-7(1)8-3-6-11-9(8)10/h3,6H,1-2,4-5H2. The molecule has 0 saturated carbocycles. The second kappa shape index (κ2) is 2.01. The van der Waals surface area contributed by atoms with E-state index in [4.69, 9.17) is 0 Å². The highest BCUT2D eigenvalue weighted by molar-refractivity contribution is 7.14. The zero-order valence-electron chi connectivity index (χ0n) is 6.34. The molecule has 0 aliphatic carbocycles. The molecule has 0 spiro atoms. The van der Waals surface area contributed by atoms with E-state index in [1.165, 1.54) is 30.9 Å². The average Bonchev–Trinajstić information content (AvgIpc) is 2.55. The predicted molar refractivity (Wildman–Crippen MR) is 48.1 cm³/mol. The van der Waals surface area contributed by atoms with Gasteiger partial charge < -0.3 is 4.90 Å². The van der Waals surface area contributed by atoms with Gasteiger partial charge in [0.15, 0.2) is 0 Å². The Bertz CT molecular complexity index is 244. The fourth-order valence-corrected chi connectivity index (χ4v) is 3.07. The minimum Gasteiger partial charge on any atom is -0.363 e. The fourth-order valence-electron chi connectivity index (χ4n) is 2.06. The van der Waals surface area contributed by atoms with Gasteiger partial charge in [-0.2, -0.15) is 0 Å². The van der Waals surface area contributed by atoms with Crippen molar-refractivity contribution in [3.05, 3.63) is 22.9 Å². The van der Waals surface area contributed by atoms with Gasteiger partial charge in [0.25, 0.3) is 0 Å². The van der Waals surface area contributed by atoms with Crippen molar-refractivity contribution in [2.75, 3.05) is 18.0 Å². The number of rotatable bonds is 0. The number of thiophene rings is 1. The highest BCUT2D eigenvalue weighted by atomic mass is 32.1. The Kier molecular flexibility index (Phi) is 1.11. The lowest BCUT2D eigenvalue weighted by atomic mass is 9.87. The number of hydrogen-bond donors (Lipinski definition) is 0. The van der Waals surface area contributed by atoms with Crippen molar-refractivity contribution in [2.24, 2.45) is 0 Å². The molecule has 1 nitrogen and oxygen atoms in total. The average molecular weight is 164 g/mol. The maximum atomic E-state index is 2.52. The molecule has 57 valence electrons. The summed E-state index contributed by atoms with van der Waals surface area (Å²) in [6, 6.07) is 2.28. The molecule has 11 heavy (non-hydrogen) atoms. The molecular formula is C9H10NS. The van der Waals surface area contributed by atoms with Gasteiger partial charge in [-0.05, 0) is 29.9 Å². The summed E-state index contributed by atoms with van der Waals surface area (Å²) in [5.74, 6) is 1.70. The largest absolute Gasteiger partial charge is 0.363 e. The zero-order valence-corrected chi connectivity index (χ0v) is 7.16. The molecule has 3 aliphatic rings. The van der Waals surface area contributed by atoms with Crippen LogP contribution >= 0.6 is 11.3 Å². The third-order valence-electron chi connectivity index (χ3n) is 2.68. The van der Waals surface area contributed by atoms with E-state index in [0.717, 1.165) is 0 Å². The van der Waals surface area contributed by atoms with Crippen LogP contribution in [0.1, 0.15) is 18.4 Å². The minimum atomic E-state index is 1.27. The molecule has 0 unspecified atom stereocenters. The van der Waals surface area contributed by atoms with Crippen molar-refractivity contribution < 1.29 is 0 Å². The topological polar surface area (TPSA) is 3.24 Å². The van der Waals surface area contributed by atoms with Crippen molar-refractivity contribution in [1.82, 2.24) is 0 Å². The van der Waals surface area contributed by atoms with Crippen LogP contribution in [0.25, 0.3) is 0 Å². The van der Waals surface area contributed by atoms with Crippen molar-refractivity contribution in [1.29, 1.82) is 0 Å².